The second-order valence-corrected chi connectivity index (χ2v) is 7.19. The molecule has 0 saturated carbocycles. The molecule has 130 valence electrons. The van der Waals surface area contributed by atoms with Gasteiger partial charge in [-0.25, -0.2) is 4.98 Å². The molecule has 2 aliphatic rings. The average molecular weight is 329 g/mol. The Morgan fingerprint density at radius 1 is 1.12 bits per heavy atom. The van der Waals surface area contributed by atoms with Crippen LogP contribution in [-0.4, -0.2) is 81.2 Å². The van der Waals surface area contributed by atoms with E-state index in [1.165, 1.54) is 32.7 Å². The maximum Gasteiger partial charge on any atom is 0.203 e. The standard InChI is InChI=1S/C17H27N7/c1-4-21-7-9-22(10-8-21)14-11-23(12-14)16-17-20-19-15(13(2)3)24(17)6-5-18-16/h5-6,13-14H,4,7-12H2,1-3H3. The van der Waals surface area contributed by atoms with Gasteiger partial charge in [0.15, 0.2) is 5.82 Å². The lowest BCUT2D eigenvalue weighted by Crippen LogP contribution is -2.63. The van der Waals surface area contributed by atoms with E-state index in [9.17, 15) is 0 Å². The van der Waals surface area contributed by atoms with Gasteiger partial charge in [0.05, 0.1) is 0 Å². The van der Waals surface area contributed by atoms with E-state index in [0.29, 0.717) is 12.0 Å². The highest BCUT2D eigenvalue weighted by Crippen LogP contribution is 2.26. The summed E-state index contributed by atoms with van der Waals surface area (Å²) in [5.74, 6) is 2.33. The van der Waals surface area contributed by atoms with Crippen molar-refractivity contribution in [2.75, 3.05) is 50.7 Å². The molecule has 2 saturated heterocycles. The van der Waals surface area contributed by atoms with E-state index < -0.39 is 0 Å². The van der Waals surface area contributed by atoms with Gasteiger partial charge in [-0.2, -0.15) is 0 Å². The van der Waals surface area contributed by atoms with Crippen LogP contribution in [0.3, 0.4) is 0 Å². The highest BCUT2D eigenvalue weighted by atomic mass is 15.4. The van der Waals surface area contributed by atoms with Gasteiger partial charge in [0.2, 0.25) is 5.65 Å². The van der Waals surface area contributed by atoms with Gasteiger partial charge in [0, 0.05) is 63.6 Å². The monoisotopic (exact) mass is 329 g/mol. The van der Waals surface area contributed by atoms with Gasteiger partial charge in [-0.05, 0) is 6.54 Å². The second kappa shape index (κ2) is 6.29. The Morgan fingerprint density at radius 2 is 1.88 bits per heavy atom. The van der Waals surface area contributed by atoms with Crippen LogP contribution in [0.15, 0.2) is 12.4 Å². The number of hydrogen-bond donors (Lipinski definition) is 0. The SMILES string of the molecule is CCN1CCN(C2CN(c3nccn4c(C(C)C)nnc34)C2)CC1. The summed E-state index contributed by atoms with van der Waals surface area (Å²) in [6.07, 6.45) is 3.83. The average Bonchev–Trinajstić information content (AvgIpc) is 2.99. The number of likely N-dealkylation sites (N-methyl/N-ethyl adjacent to an activating group) is 1. The number of aromatic nitrogens is 4. The molecule has 0 aliphatic carbocycles. The second-order valence-electron chi connectivity index (χ2n) is 7.19. The molecule has 0 amide bonds. The lowest BCUT2D eigenvalue weighted by molar-refractivity contribution is 0.0859. The quantitative estimate of drug-likeness (QED) is 0.836. The molecule has 0 N–H and O–H groups in total. The van der Waals surface area contributed by atoms with Crippen molar-refractivity contribution >= 4 is 11.5 Å². The molecule has 0 spiro atoms. The minimum absolute atomic E-state index is 0.356. The summed E-state index contributed by atoms with van der Waals surface area (Å²) in [7, 11) is 0. The Hall–Kier alpha value is -1.73. The first kappa shape index (κ1) is 15.8. The van der Waals surface area contributed by atoms with Gasteiger partial charge >= 0.3 is 0 Å². The number of piperazine rings is 1. The first-order valence-electron chi connectivity index (χ1n) is 9.08. The Kier molecular flexibility index (Phi) is 4.14. The van der Waals surface area contributed by atoms with Crippen LogP contribution in [0.2, 0.25) is 0 Å². The molecule has 0 atom stereocenters. The van der Waals surface area contributed by atoms with E-state index in [2.05, 4.69) is 55.1 Å². The fraction of sp³-hybridized carbons (Fsp3) is 0.706. The summed E-state index contributed by atoms with van der Waals surface area (Å²) in [6, 6.07) is 0.651. The van der Waals surface area contributed by atoms with Crippen molar-refractivity contribution in [2.45, 2.75) is 32.7 Å². The molecule has 2 aromatic heterocycles. The highest BCUT2D eigenvalue weighted by Gasteiger charge is 2.35. The van der Waals surface area contributed by atoms with Crippen molar-refractivity contribution in [3.8, 4) is 0 Å². The molecule has 0 aromatic carbocycles. The van der Waals surface area contributed by atoms with Crippen molar-refractivity contribution < 1.29 is 0 Å². The summed E-state index contributed by atoms with van der Waals surface area (Å²) in [4.78, 5) is 12.1. The van der Waals surface area contributed by atoms with Crippen LogP contribution in [0.5, 0.6) is 0 Å². The van der Waals surface area contributed by atoms with Gasteiger partial charge in [0.1, 0.15) is 5.82 Å². The van der Waals surface area contributed by atoms with Crippen LogP contribution in [0.1, 0.15) is 32.5 Å². The van der Waals surface area contributed by atoms with Crippen molar-refractivity contribution in [3.63, 3.8) is 0 Å². The Morgan fingerprint density at radius 3 is 2.54 bits per heavy atom. The zero-order chi connectivity index (χ0) is 16.7. The van der Waals surface area contributed by atoms with Crippen molar-refractivity contribution in [3.05, 3.63) is 18.2 Å². The molecule has 7 nitrogen and oxygen atoms in total. The molecule has 4 heterocycles. The number of anilines is 1. The normalized spacial score (nSPS) is 20.9. The molecule has 24 heavy (non-hydrogen) atoms. The first-order valence-corrected chi connectivity index (χ1v) is 9.08. The summed E-state index contributed by atoms with van der Waals surface area (Å²) in [6.45, 7) is 14.6. The van der Waals surface area contributed by atoms with E-state index in [4.69, 9.17) is 0 Å². The van der Waals surface area contributed by atoms with E-state index in [1.807, 2.05) is 12.4 Å². The summed E-state index contributed by atoms with van der Waals surface area (Å²) in [5.41, 5.74) is 0.885. The largest absolute Gasteiger partial charge is 0.350 e. The van der Waals surface area contributed by atoms with Crippen LogP contribution >= 0.6 is 0 Å². The van der Waals surface area contributed by atoms with Crippen LogP contribution in [-0.2, 0) is 0 Å². The summed E-state index contributed by atoms with van der Waals surface area (Å²) < 4.78 is 2.08. The topological polar surface area (TPSA) is 52.8 Å². The summed E-state index contributed by atoms with van der Waals surface area (Å²) in [5, 5.41) is 8.74. The van der Waals surface area contributed by atoms with Crippen molar-refractivity contribution in [1.29, 1.82) is 0 Å². The highest BCUT2D eigenvalue weighted by molar-refractivity contribution is 5.65. The molecule has 0 bridgehead atoms. The maximum absolute atomic E-state index is 4.58. The van der Waals surface area contributed by atoms with Gasteiger partial charge < -0.3 is 9.80 Å². The Balaban J connectivity index is 1.45. The van der Waals surface area contributed by atoms with Gasteiger partial charge in [-0.1, -0.05) is 20.8 Å². The fourth-order valence-electron chi connectivity index (χ4n) is 3.75. The molecule has 2 fully saturated rings. The summed E-state index contributed by atoms with van der Waals surface area (Å²) >= 11 is 0. The predicted molar refractivity (Wildman–Crippen MR) is 94.6 cm³/mol. The predicted octanol–water partition coefficient (Wildman–Crippen LogP) is 1.07. The van der Waals surface area contributed by atoms with E-state index >= 15 is 0 Å². The molecule has 7 heteroatoms. The molecule has 0 radical (unpaired) electrons. The zero-order valence-electron chi connectivity index (χ0n) is 14.9. The first-order chi connectivity index (χ1) is 11.7. The molecular weight excluding hydrogens is 302 g/mol. The smallest absolute Gasteiger partial charge is 0.203 e. The van der Waals surface area contributed by atoms with Crippen LogP contribution in [0, 0.1) is 0 Å². The Labute approximate surface area is 143 Å². The van der Waals surface area contributed by atoms with Gasteiger partial charge in [0.25, 0.3) is 0 Å². The molecule has 4 rings (SSSR count). The fourth-order valence-corrected chi connectivity index (χ4v) is 3.75. The maximum atomic E-state index is 4.58. The Bertz CT molecular complexity index is 696. The minimum atomic E-state index is 0.356. The number of rotatable bonds is 4. The lowest BCUT2D eigenvalue weighted by Gasteiger charge is -2.48. The zero-order valence-corrected chi connectivity index (χ0v) is 14.9. The number of fused-ring (bicyclic) bond motifs is 1. The number of hydrogen-bond acceptors (Lipinski definition) is 6. The van der Waals surface area contributed by atoms with Crippen LogP contribution in [0.25, 0.3) is 5.65 Å². The van der Waals surface area contributed by atoms with E-state index in [-0.39, 0.29) is 0 Å². The molecule has 2 aliphatic heterocycles. The third kappa shape index (κ3) is 2.65. The molecular formula is C17H27N7. The van der Waals surface area contributed by atoms with Crippen molar-refractivity contribution in [1.82, 2.24) is 29.4 Å². The van der Waals surface area contributed by atoms with E-state index in [0.717, 1.165) is 30.4 Å². The van der Waals surface area contributed by atoms with Crippen LogP contribution in [0.4, 0.5) is 5.82 Å². The molecule has 2 aromatic rings. The van der Waals surface area contributed by atoms with E-state index in [1.54, 1.807) is 0 Å². The number of nitrogens with zero attached hydrogens (tertiary/aromatic N) is 7. The van der Waals surface area contributed by atoms with Gasteiger partial charge in [-0.3, -0.25) is 9.30 Å². The van der Waals surface area contributed by atoms with Gasteiger partial charge in [-0.15, -0.1) is 10.2 Å². The minimum Gasteiger partial charge on any atom is -0.350 e. The lowest BCUT2D eigenvalue weighted by atomic mass is 10.1. The van der Waals surface area contributed by atoms with Crippen molar-refractivity contribution in [2.24, 2.45) is 0 Å². The third-order valence-corrected chi connectivity index (χ3v) is 5.38. The van der Waals surface area contributed by atoms with Crippen LogP contribution < -0.4 is 4.90 Å². The molecule has 0 unspecified atom stereocenters. The third-order valence-electron chi connectivity index (χ3n) is 5.38.